The lowest BCUT2D eigenvalue weighted by Gasteiger charge is -2.17. The number of halogens is 1. The summed E-state index contributed by atoms with van der Waals surface area (Å²) in [7, 11) is 0. The van der Waals surface area contributed by atoms with E-state index in [1.165, 1.54) is 21.6 Å². The predicted octanol–water partition coefficient (Wildman–Crippen LogP) is 4.91. The van der Waals surface area contributed by atoms with Crippen molar-refractivity contribution in [2.75, 3.05) is 6.54 Å². The summed E-state index contributed by atoms with van der Waals surface area (Å²) < 4.78 is 0. The first kappa shape index (κ1) is 14.6. The van der Waals surface area contributed by atoms with Gasteiger partial charge in [0.2, 0.25) is 0 Å². The average molecular weight is 294 g/mol. The van der Waals surface area contributed by atoms with Crippen molar-refractivity contribution >= 4 is 22.9 Å². The highest BCUT2D eigenvalue weighted by molar-refractivity contribution is 7.10. The van der Waals surface area contributed by atoms with Gasteiger partial charge in [0.25, 0.3) is 0 Å². The normalized spacial score (nSPS) is 12.6. The zero-order valence-corrected chi connectivity index (χ0v) is 13.2. The van der Waals surface area contributed by atoms with Gasteiger partial charge >= 0.3 is 0 Å². The number of thiophene rings is 1. The molecule has 1 N–H and O–H groups in total. The van der Waals surface area contributed by atoms with Gasteiger partial charge < -0.3 is 5.32 Å². The Morgan fingerprint density at radius 3 is 2.68 bits per heavy atom. The van der Waals surface area contributed by atoms with E-state index >= 15 is 0 Å². The van der Waals surface area contributed by atoms with E-state index in [0.717, 1.165) is 18.0 Å². The molecule has 0 fully saturated rings. The van der Waals surface area contributed by atoms with E-state index < -0.39 is 0 Å². The van der Waals surface area contributed by atoms with Crippen LogP contribution in [0.1, 0.15) is 34.5 Å². The van der Waals surface area contributed by atoms with Crippen molar-refractivity contribution in [1.82, 2.24) is 5.32 Å². The molecule has 2 aromatic rings. The molecule has 0 aliphatic heterocycles. The lowest BCUT2D eigenvalue weighted by atomic mass is 10.0. The fourth-order valence-electron chi connectivity index (χ4n) is 2.26. The summed E-state index contributed by atoms with van der Waals surface area (Å²) in [6, 6.07) is 8.99. The smallest absolute Gasteiger partial charge is 0.0590 e. The number of likely N-dealkylation sites (N-methyl/N-ethyl adjacent to an activating group) is 1. The fourth-order valence-corrected chi connectivity index (χ4v) is 3.67. The van der Waals surface area contributed by atoms with Crippen molar-refractivity contribution in [2.45, 2.75) is 33.2 Å². The van der Waals surface area contributed by atoms with Crippen LogP contribution in [0, 0.1) is 13.8 Å². The fraction of sp³-hybridized carbons (Fsp3) is 0.375. The first-order chi connectivity index (χ1) is 9.11. The standard InChI is InChI=1S/C16H20ClNS/c1-4-18-14(16-15(17)12(3)10-19-16)9-13-7-5-6-11(2)8-13/h5-8,10,14,18H,4,9H2,1-3H3. The molecule has 0 saturated heterocycles. The molecule has 0 saturated carbocycles. The van der Waals surface area contributed by atoms with Crippen LogP contribution in [0.5, 0.6) is 0 Å². The molecule has 0 bridgehead atoms. The molecule has 0 radical (unpaired) electrons. The zero-order valence-electron chi connectivity index (χ0n) is 11.7. The quantitative estimate of drug-likeness (QED) is 0.826. The second kappa shape index (κ2) is 6.56. The van der Waals surface area contributed by atoms with Crippen LogP contribution in [0.2, 0.25) is 5.02 Å². The Hall–Kier alpha value is -0.830. The molecular formula is C16H20ClNS. The Labute approximate surface area is 124 Å². The van der Waals surface area contributed by atoms with Crippen LogP contribution < -0.4 is 5.32 Å². The lowest BCUT2D eigenvalue weighted by molar-refractivity contribution is 0.558. The summed E-state index contributed by atoms with van der Waals surface area (Å²) in [6.45, 7) is 7.29. The highest BCUT2D eigenvalue weighted by atomic mass is 35.5. The topological polar surface area (TPSA) is 12.0 Å². The molecule has 0 aliphatic rings. The largest absolute Gasteiger partial charge is 0.309 e. The summed E-state index contributed by atoms with van der Waals surface area (Å²) in [5, 5.41) is 6.60. The van der Waals surface area contributed by atoms with Gasteiger partial charge in [0.05, 0.1) is 5.02 Å². The summed E-state index contributed by atoms with van der Waals surface area (Å²) in [6.07, 6.45) is 0.981. The summed E-state index contributed by atoms with van der Waals surface area (Å²) in [5.74, 6) is 0. The van der Waals surface area contributed by atoms with Gasteiger partial charge in [-0.2, -0.15) is 0 Å². The van der Waals surface area contributed by atoms with Crippen molar-refractivity contribution < 1.29 is 0 Å². The van der Waals surface area contributed by atoms with Gasteiger partial charge in [-0.1, -0.05) is 48.4 Å². The van der Waals surface area contributed by atoms with E-state index in [1.807, 2.05) is 0 Å². The number of hydrogen-bond acceptors (Lipinski definition) is 2. The van der Waals surface area contributed by atoms with Crippen molar-refractivity contribution in [1.29, 1.82) is 0 Å². The Morgan fingerprint density at radius 1 is 1.32 bits per heavy atom. The van der Waals surface area contributed by atoms with Crippen LogP contribution in [-0.2, 0) is 6.42 Å². The maximum atomic E-state index is 6.41. The Morgan fingerprint density at radius 2 is 2.11 bits per heavy atom. The molecule has 1 atom stereocenters. The van der Waals surface area contributed by atoms with Crippen LogP contribution in [0.25, 0.3) is 0 Å². The summed E-state index contributed by atoms with van der Waals surface area (Å²) >= 11 is 8.16. The molecule has 1 heterocycles. The van der Waals surface area contributed by atoms with E-state index in [-0.39, 0.29) is 0 Å². The molecule has 2 rings (SSSR count). The average Bonchev–Trinajstić information content (AvgIpc) is 2.70. The minimum Gasteiger partial charge on any atom is -0.309 e. The maximum absolute atomic E-state index is 6.41. The van der Waals surface area contributed by atoms with Gasteiger partial charge in [-0.3, -0.25) is 0 Å². The minimum atomic E-state index is 0.304. The highest BCUT2D eigenvalue weighted by Gasteiger charge is 2.17. The van der Waals surface area contributed by atoms with Crippen molar-refractivity contribution in [3.05, 3.63) is 56.2 Å². The molecule has 0 spiro atoms. The molecule has 3 heteroatoms. The van der Waals surface area contributed by atoms with Gasteiger partial charge in [0.15, 0.2) is 0 Å². The molecule has 1 unspecified atom stereocenters. The van der Waals surface area contributed by atoms with Crippen LogP contribution >= 0.6 is 22.9 Å². The van der Waals surface area contributed by atoms with Gasteiger partial charge in [-0.15, -0.1) is 11.3 Å². The van der Waals surface area contributed by atoms with E-state index in [4.69, 9.17) is 11.6 Å². The van der Waals surface area contributed by atoms with Gasteiger partial charge in [-0.05, 0) is 43.3 Å². The van der Waals surface area contributed by atoms with Crippen molar-refractivity contribution in [3.8, 4) is 0 Å². The monoisotopic (exact) mass is 293 g/mol. The third-order valence-corrected chi connectivity index (χ3v) is 5.04. The molecule has 1 aromatic heterocycles. The van der Waals surface area contributed by atoms with Crippen LogP contribution in [0.15, 0.2) is 29.6 Å². The van der Waals surface area contributed by atoms with E-state index in [9.17, 15) is 0 Å². The van der Waals surface area contributed by atoms with Crippen LogP contribution in [-0.4, -0.2) is 6.54 Å². The zero-order chi connectivity index (χ0) is 13.8. The summed E-state index contributed by atoms with van der Waals surface area (Å²) in [5.41, 5.74) is 3.84. The molecular weight excluding hydrogens is 274 g/mol. The lowest BCUT2D eigenvalue weighted by Crippen LogP contribution is -2.22. The van der Waals surface area contributed by atoms with Crippen LogP contribution in [0.3, 0.4) is 0 Å². The Bertz CT molecular complexity index is 547. The van der Waals surface area contributed by atoms with E-state index in [2.05, 4.69) is 55.7 Å². The molecule has 0 aliphatic carbocycles. The number of benzene rings is 1. The predicted molar refractivity (Wildman–Crippen MR) is 85.4 cm³/mol. The number of aryl methyl sites for hydroxylation is 2. The second-order valence-corrected chi connectivity index (χ2v) is 6.19. The SMILES string of the molecule is CCNC(Cc1cccc(C)c1)c1scc(C)c1Cl. The molecule has 1 aromatic carbocycles. The van der Waals surface area contributed by atoms with Crippen LogP contribution in [0.4, 0.5) is 0 Å². The van der Waals surface area contributed by atoms with E-state index in [1.54, 1.807) is 11.3 Å². The number of rotatable bonds is 5. The van der Waals surface area contributed by atoms with Gasteiger partial charge in [0.1, 0.15) is 0 Å². The minimum absolute atomic E-state index is 0.304. The Balaban J connectivity index is 2.23. The van der Waals surface area contributed by atoms with Gasteiger partial charge in [-0.25, -0.2) is 0 Å². The van der Waals surface area contributed by atoms with Gasteiger partial charge in [0, 0.05) is 10.9 Å². The number of nitrogens with one attached hydrogen (secondary N) is 1. The maximum Gasteiger partial charge on any atom is 0.0590 e. The first-order valence-corrected chi connectivity index (χ1v) is 7.90. The van der Waals surface area contributed by atoms with E-state index in [0.29, 0.717) is 6.04 Å². The number of hydrogen-bond donors (Lipinski definition) is 1. The molecule has 19 heavy (non-hydrogen) atoms. The molecule has 1 nitrogen and oxygen atoms in total. The third-order valence-electron chi connectivity index (χ3n) is 3.21. The van der Waals surface area contributed by atoms with Crippen molar-refractivity contribution in [2.24, 2.45) is 0 Å². The Kier molecular flexibility index (Phi) is 5.03. The third kappa shape index (κ3) is 3.59. The molecule has 102 valence electrons. The highest BCUT2D eigenvalue weighted by Crippen LogP contribution is 2.34. The molecule has 0 amide bonds. The summed E-state index contributed by atoms with van der Waals surface area (Å²) in [4.78, 5) is 1.25. The van der Waals surface area contributed by atoms with Crippen molar-refractivity contribution in [3.63, 3.8) is 0 Å². The first-order valence-electron chi connectivity index (χ1n) is 6.64. The second-order valence-electron chi connectivity index (χ2n) is 4.90.